The number of aromatic nitrogens is 7. The van der Waals surface area contributed by atoms with E-state index >= 15 is 0 Å². The van der Waals surface area contributed by atoms with E-state index in [1.807, 2.05) is 13.8 Å². The lowest BCUT2D eigenvalue weighted by Crippen LogP contribution is -2.04. The first kappa shape index (κ1) is 13.9. The van der Waals surface area contributed by atoms with Crippen LogP contribution in [0.15, 0.2) is 24.4 Å². The number of nitrogens with two attached hydrogens (primary N) is 1. The molecule has 1 aromatic carbocycles. The number of aromatic hydroxyl groups is 1. The summed E-state index contributed by atoms with van der Waals surface area (Å²) in [5.74, 6) is 0.361. The van der Waals surface area contributed by atoms with E-state index in [9.17, 15) is 5.11 Å². The van der Waals surface area contributed by atoms with E-state index in [2.05, 4.69) is 30.8 Å². The van der Waals surface area contributed by atoms with Gasteiger partial charge in [-0.3, -0.25) is 0 Å². The third-order valence-electron chi connectivity index (χ3n) is 3.06. The normalized spacial score (nSPS) is 11.0. The van der Waals surface area contributed by atoms with Crippen molar-refractivity contribution in [2.45, 2.75) is 19.9 Å². The Morgan fingerprint density at radius 1 is 1.23 bits per heavy atom. The van der Waals surface area contributed by atoms with Crippen molar-refractivity contribution in [3.05, 3.63) is 24.4 Å². The van der Waals surface area contributed by atoms with Crippen molar-refractivity contribution >= 4 is 5.69 Å². The van der Waals surface area contributed by atoms with E-state index in [4.69, 9.17) is 5.73 Å². The molecule has 0 amide bonds. The molecule has 0 aliphatic carbocycles. The molecule has 0 saturated heterocycles. The quantitative estimate of drug-likeness (QED) is 0.687. The highest BCUT2D eigenvalue weighted by Gasteiger charge is 2.16. The van der Waals surface area contributed by atoms with E-state index in [1.54, 1.807) is 12.1 Å². The zero-order valence-corrected chi connectivity index (χ0v) is 12.0. The first-order chi connectivity index (χ1) is 10.6. The van der Waals surface area contributed by atoms with Crippen molar-refractivity contribution in [3.63, 3.8) is 0 Å². The molecule has 0 aliphatic rings. The third-order valence-corrected chi connectivity index (χ3v) is 3.06. The Balaban J connectivity index is 2.06. The first-order valence-electron chi connectivity index (χ1n) is 6.63. The van der Waals surface area contributed by atoms with Gasteiger partial charge >= 0.3 is 0 Å². The van der Waals surface area contributed by atoms with Crippen molar-refractivity contribution in [1.82, 2.24) is 35.6 Å². The van der Waals surface area contributed by atoms with Crippen LogP contribution in [0, 0.1) is 0 Å². The molecule has 0 atom stereocenters. The van der Waals surface area contributed by atoms with Gasteiger partial charge in [0.2, 0.25) is 5.82 Å². The molecule has 9 nitrogen and oxygen atoms in total. The molecule has 0 aliphatic heterocycles. The summed E-state index contributed by atoms with van der Waals surface area (Å²) >= 11 is 0. The molecular weight excluding hydrogens is 284 g/mol. The number of nitrogen functional groups attached to an aromatic ring is 1. The van der Waals surface area contributed by atoms with Gasteiger partial charge in [0.1, 0.15) is 11.4 Å². The van der Waals surface area contributed by atoms with Crippen molar-refractivity contribution in [2.24, 2.45) is 0 Å². The summed E-state index contributed by atoms with van der Waals surface area (Å²) in [4.78, 5) is 1.49. The Hall–Kier alpha value is -3.10. The molecule has 3 aromatic rings. The number of rotatable bonds is 3. The molecule has 0 bridgehead atoms. The Kier molecular flexibility index (Phi) is 3.37. The molecule has 22 heavy (non-hydrogen) atoms. The second kappa shape index (κ2) is 5.35. The summed E-state index contributed by atoms with van der Waals surface area (Å²) in [5.41, 5.74) is 7.79. The van der Waals surface area contributed by atoms with E-state index in [-0.39, 0.29) is 11.8 Å². The summed E-state index contributed by atoms with van der Waals surface area (Å²) in [6, 6.07) is 4.90. The van der Waals surface area contributed by atoms with Gasteiger partial charge in [-0.2, -0.15) is 4.80 Å². The molecule has 0 radical (unpaired) electrons. The van der Waals surface area contributed by atoms with E-state index in [1.165, 1.54) is 17.1 Å². The van der Waals surface area contributed by atoms with Crippen LogP contribution < -0.4 is 5.73 Å². The summed E-state index contributed by atoms with van der Waals surface area (Å²) < 4.78 is 0. The van der Waals surface area contributed by atoms with Crippen LogP contribution in [0.25, 0.3) is 22.6 Å². The summed E-state index contributed by atoms with van der Waals surface area (Å²) in [6.45, 7) is 3.89. The Labute approximate surface area is 125 Å². The minimum atomic E-state index is -0.0311. The molecule has 0 fully saturated rings. The van der Waals surface area contributed by atoms with Crippen molar-refractivity contribution in [3.8, 4) is 28.4 Å². The lowest BCUT2D eigenvalue weighted by molar-refractivity contribution is 0.455. The highest BCUT2D eigenvalue weighted by Crippen LogP contribution is 2.36. The maximum absolute atomic E-state index is 10.3. The van der Waals surface area contributed by atoms with Crippen LogP contribution in [0.5, 0.6) is 5.75 Å². The van der Waals surface area contributed by atoms with Crippen LogP contribution in [0.3, 0.4) is 0 Å². The van der Waals surface area contributed by atoms with Crippen LogP contribution >= 0.6 is 0 Å². The van der Waals surface area contributed by atoms with Crippen LogP contribution in [0.2, 0.25) is 0 Å². The number of benzene rings is 1. The number of phenols is 1. The molecule has 2 heterocycles. The first-order valence-corrected chi connectivity index (χ1v) is 6.63. The predicted molar refractivity (Wildman–Crippen MR) is 78.5 cm³/mol. The second-order valence-electron chi connectivity index (χ2n) is 4.99. The van der Waals surface area contributed by atoms with Crippen molar-refractivity contribution in [2.75, 3.05) is 5.73 Å². The van der Waals surface area contributed by atoms with Gasteiger partial charge in [-0.15, -0.1) is 20.4 Å². The van der Waals surface area contributed by atoms with E-state index in [0.717, 1.165) is 0 Å². The van der Waals surface area contributed by atoms with Gasteiger partial charge in [0.15, 0.2) is 0 Å². The largest absolute Gasteiger partial charge is 0.507 e. The highest BCUT2D eigenvalue weighted by atomic mass is 16.3. The summed E-state index contributed by atoms with van der Waals surface area (Å²) in [5, 5.41) is 33.4. The second-order valence-corrected chi connectivity index (χ2v) is 4.99. The molecule has 0 unspecified atom stereocenters. The number of nitrogens with zero attached hydrogens (tertiary/aromatic N) is 7. The monoisotopic (exact) mass is 298 g/mol. The van der Waals surface area contributed by atoms with Gasteiger partial charge in [0.25, 0.3) is 0 Å². The SMILES string of the molecule is CC(C)n1nnc(-c2cc(N)c(-c3ccnnn3)c(O)c2)n1. The topological polar surface area (TPSA) is 129 Å². The number of anilines is 1. The lowest BCUT2D eigenvalue weighted by atomic mass is 10.0. The highest BCUT2D eigenvalue weighted by molar-refractivity contribution is 5.83. The van der Waals surface area contributed by atoms with Crippen molar-refractivity contribution in [1.29, 1.82) is 0 Å². The van der Waals surface area contributed by atoms with Crippen LogP contribution in [-0.4, -0.2) is 40.7 Å². The molecule has 0 saturated carbocycles. The molecule has 0 spiro atoms. The fourth-order valence-corrected chi connectivity index (χ4v) is 1.99. The third kappa shape index (κ3) is 2.43. The number of hydrogen-bond acceptors (Lipinski definition) is 8. The van der Waals surface area contributed by atoms with Gasteiger partial charge < -0.3 is 10.8 Å². The molecule has 112 valence electrons. The average Bonchev–Trinajstić information content (AvgIpc) is 2.97. The average molecular weight is 298 g/mol. The molecule has 3 rings (SSSR count). The predicted octanol–water partition coefficient (Wildman–Crippen LogP) is 1.06. The van der Waals surface area contributed by atoms with Crippen molar-refractivity contribution < 1.29 is 5.11 Å². The lowest BCUT2D eigenvalue weighted by Gasteiger charge is -2.08. The number of hydrogen-bond donors (Lipinski definition) is 2. The van der Waals surface area contributed by atoms with Gasteiger partial charge in [-0.25, -0.2) is 0 Å². The van der Waals surface area contributed by atoms with Crippen LogP contribution in [0.1, 0.15) is 19.9 Å². The van der Waals surface area contributed by atoms with Gasteiger partial charge in [0.05, 0.1) is 17.8 Å². The van der Waals surface area contributed by atoms with Crippen LogP contribution in [0.4, 0.5) is 5.69 Å². The summed E-state index contributed by atoms with van der Waals surface area (Å²) in [7, 11) is 0. The zero-order valence-electron chi connectivity index (χ0n) is 12.0. The maximum atomic E-state index is 10.3. The Morgan fingerprint density at radius 3 is 2.64 bits per heavy atom. The minimum absolute atomic E-state index is 0.0311. The zero-order chi connectivity index (χ0) is 15.7. The van der Waals surface area contributed by atoms with Gasteiger partial charge in [0, 0.05) is 11.3 Å². The molecule has 2 aromatic heterocycles. The van der Waals surface area contributed by atoms with E-state index < -0.39 is 0 Å². The number of tetrazole rings is 1. The molecular formula is C13H14N8O. The Bertz CT molecular complexity index is 776. The smallest absolute Gasteiger partial charge is 0.205 e. The Morgan fingerprint density at radius 2 is 2.05 bits per heavy atom. The van der Waals surface area contributed by atoms with Gasteiger partial charge in [-0.05, 0) is 42.5 Å². The minimum Gasteiger partial charge on any atom is -0.507 e. The van der Waals surface area contributed by atoms with E-state index in [0.29, 0.717) is 28.3 Å². The fourth-order valence-electron chi connectivity index (χ4n) is 1.99. The van der Waals surface area contributed by atoms with Gasteiger partial charge in [-0.1, -0.05) is 0 Å². The molecule has 9 heteroatoms. The fraction of sp³-hybridized carbons (Fsp3) is 0.231. The maximum Gasteiger partial charge on any atom is 0.205 e. The number of phenolic OH excluding ortho intramolecular Hbond substituents is 1. The van der Waals surface area contributed by atoms with Crippen LogP contribution in [-0.2, 0) is 0 Å². The standard InChI is InChI=1S/C13H14N8O/c1-7(2)21-18-13(17-20-21)8-5-9(14)12(11(22)6-8)10-3-4-15-19-16-10/h3-7,22H,14H2,1-2H3. The summed E-state index contributed by atoms with van der Waals surface area (Å²) in [6.07, 6.45) is 1.48. The molecule has 3 N–H and O–H groups in total.